The molecule has 0 aliphatic carbocycles. The van der Waals surface area contributed by atoms with Crippen LogP contribution < -0.4 is 16.2 Å². The number of hydrogen-bond acceptors (Lipinski definition) is 3. The van der Waals surface area contributed by atoms with E-state index in [9.17, 15) is 14.4 Å². The average molecular weight is 263 g/mol. The molecule has 19 heavy (non-hydrogen) atoms. The van der Waals surface area contributed by atoms with Crippen molar-refractivity contribution < 1.29 is 9.59 Å². The highest BCUT2D eigenvalue weighted by molar-refractivity contribution is 5.97. The summed E-state index contributed by atoms with van der Waals surface area (Å²) in [5, 5.41) is 5.35. The molecule has 2 heterocycles. The molecule has 2 rings (SSSR count). The van der Waals surface area contributed by atoms with Gasteiger partial charge in [0.15, 0.2) is 0 Å². The Morgan fingerprint density at radius 1 is 1.32 bits per heavy atom. The lowest BCUT2D eigenvalue weighted by atomic mass is 10.1. The lowest BCUT2D eigenvalue weighted by molar-refractivity contribution is -0.122. The van der Waals surface area contributed by atoms with E-state index in [1.54, 1.807) is 13.0 Å². The third-order valence-corrected chi connectivity index (χ3v) is 3.14. The molecule has 1 aliphatic heterocycles. The molecule has 1 atom stereocenters. The van der Waals surface area contributed by atoms with Gasteiger partial charge in [0.05, 0.1) is 0 Å². The fourth-order valence-corrected chi connectivity index (χ4v) is 2.06. The zero-order valence-corrected chi connectivity index (χ0v) is 10.8. The van der Waals surface area contributed by atoms with Gasteiger partial charge in [-0.05, 0) is 38.3 Å². The fourth-order valence-electron chi connectivity index (χ4n) is 2.06. The number of aromatic nitrogens is 1. The van der Waals surface area contributed by atoms with E-state index in [1.165, 1.54) is 6.07 Å². The molecule has 1 saturated heterocycles. The van der Waals surface area contributed by atoms with Gasteiger partial charge in [-0.15, -0.1) is 0 Å². The summed E-state index contributed by atoms with van der Waals surface area (Å²) in [4.78, 5) is 37.9. The minimum Gasteiger partial charge on any atom is -0.354 e. The maximum absolute atomic E-state index is 12.0. The molecular weight excluding hydrogens is 246 g/mol. The Bertz CT molecular complexity index is 550. The number of aryl methyl sites for hydroxylation is 1. The second kappa shape index (κ2) is 5.69. The minimum absolute atomic E-state index is 0.0302. The van der Waals surface area contributed by atoms with Crippen molar-refractivity contribution in [1.29, 1.82) is 0 Å². The number of carbonyl (C=O) groups is 2. The van der Waals surface area contributed by atoms with Crippen LogP contribution in [0.1, 0.15) is 35.3 Å². The Labute approximate surface area is 110 Å². The standard InChI is InChI=1S/C13H17N3O3/c1-8-5-6-9(11(17)15-8)12(18)16-10-4-2-3-7-14-13(10)19/h5-6,10H,2-4,7H2,1H3,(H,14,19)(H,15,17)(H,16,18). The van der Waals surface area contributed by atoms with Gasteiger partial charge >= 0.3 is 0 Å². The highest BCUT2D eigenvalue weighted by Gasteiger charge is 2.23. The van der Waals surface area contributed by atoms with E-state index in [2.05, 4.69) is 15.6 Å². The normalized spacial score (nSPS) is 19.4. The molecule has 0 bridgehead atoms. The molecule has 0 aromatic carbocycles. The summed E-state index contributed by atoms with van der Waals surface area (Å²) >= 11 is 0. The van der Waals surface area contributed by atoms with Gasteiger partial charge in [0.2, 0.25) is 5.91 Å². The molecule has 1 aromatic heterocycles. The molecule has 3 N–H and O–H groups in total. The van der Waals surface area contributed by atoms with Crippen LogP contribution in [0.2, 0.25) is 0 Å². The number of nitrogens with one attached hydrogen (secondary N) is 3. The summed E-state index contributed by atoms with van der Waals surface area (Å²) in [5.41, 5.74) is 0.280. The monoisotopic (exact) mass is 263 g/mol. The van der Waals surface area contributed by atoms with E-state index in [-0.39, 0.29) is 11.5 Å². The quantitative estimate of drug-likeness (QED) is 0.705. The van der Waals surface area contributed by atoms with Crippen LogP contribution in [0.15, 0.2) is 16.9 Å². The first-order valence-electron chi connectivity index (χ1n) is 6.36. The van der Waals surface area contributed by atoms with Crippen LogP contribution in [0.5, 0.6) is 0 Å². The topological polar surface area (TPSA) is 91.1 Å². The predicted octanol–water partition coefficient (Wildman–Crippen LogP) is 0.0818. The molecule has 6 heteroatoms. The van der Waals surface area contributed by atoms with Gasteiger partial charge in [0.25, 0.3) is 11.5 Å². The Morgan fingerprint density at radius 2 is 2.11 bits per heavy atom. The number of aromatic amines is 1. The van der Waals surface area contributed by atoms with E-state index in [0.717, 1.165) is 12.8 Å². The largest absolute Gasteiger partial charge is 0.354 e. The summed E-state index contributed by atoms with van der Waals surface area (Å²) in [7, 11) is 0. The van der Waals surface area contributed by atoms with Gasteiger partial charge < -0.3 is 15.6 Å². The van der Waals surface area contributed by atoms with E-state index in [1.807, 2.05) is 0 Å². The zero-order valence-electron chi connectivity index (χ0n) is 10.8. The highest BCUT2D eigenvalue weighted by atomic mass is 16.2. The average Bonchev–Trinajstić information content (AvgIpc) is 2.55. The molecule has 0 saturated carbocycles. The lowest BCUT2D eigenvalue weighted by Gasteiger charge is -2.14. The van der Waals surface area contributed by atoms with Crippen LogP contribution in [-0.2, 0) is 4.79 Å². The number of pyridine rings is 1. The second-order valence-corrected chi connectivity index (χ2v) is 4.70. The van der Waals surface area contributed by atoms with Gasteiger partial charge in [-0.3, -0.25) is 14.4 Å². The SMILES string of the molecule is Cc1ccc(C(=O)NC2CCCCNC2=O)c(=O)[nH]1. The van der Waals surface area contributed by atoms with Crippen LogP contribution >= 0.6 is 0 Å². The molecule has 6 nitrogen and oxygen atoms in total. The predicted molar refractivity (Wildman–Crippen MR) is 69.9 cm³/mol. The van der Waals surface area contributed by atoms with Gasteiger partial charge in [-0.1, -0.05) is 0 Å². The maximum atomic E-state index is 12.0. The molecular formula is C13H17N3O3. The van der Waals surface area contributed by atoms with Crippen molar-refractivity contribution in [3.05, 3.63) is 33.7 Å². The van der Waals surface area contributed by atoms with Crippen molar-refractivity contribution in [1.82, 2.24) is 15.6 Å². The van der Waals surface area contributed by atoms with Crippen molar-refractivity contribution in [3.8, 4) is 0 Å². The molecule has 0 spiro atoms. The number of hydrogen-bond donors (Lipinski definition) is 3. The Morgan fingerprint density at radius 3 is 2.84 bits per heavy atom. The summed E-state index contributed by atoms with van der Waals surface area (Å²) in [5.74, 6) is -0.697. The molecule has 0 radical (unpaired) electrons. The molecule has 1 fully saturated rings. The Kier molecular flexibility index (Phi) is 3.99. The first kappa shape index (κ1) is 13.3. The number of rotatable bonds is 2. The summed E-state index contributed by atoms with van der Waals surface area (Å²) in [6.45, 7) is 2.37. The number of H-pyrrole nitrogens is 1. The molecule has 1 aliphatic rings. The van der Waals surface area contributed by atoms with Crippen LogP contribution in [0.25, 0.3) is 0 Å². The zero-order chi connectivity index (χ0) is 13.8. The first-order chi connectivity index (χ1) is 9.08. The smallest absolute Gasteiger partial charge is 0.260 e. The Hall–Kier alpha value is -2.11. The van der Waals surface area contributed by atoms with E-state index in [4.69, 9.17) is 0 Å². The van der Waals surface area contributed by atoms with Gasteiger partial charge in [0, 0.05) is 12.2 Å². The van der Waals surface area contributed by atoms with Crippen LogP contribution in [0.3, 0.4) is 0 Å². The van der Waals surface area contributed by atoms with Crippen LogP contribution in [0.4, 0.5) is 0 Å². The van der Waals surface area contributed by atoms with Crippen molar-refractivity contribution >= 4 is 11.8 Å². The van der Waals surface area contributed by atoms with Gasteiger partial charge in [-0.2, -0.15) is 0 Å². The fraction of sp³-hybridized carbons (Fsp3) is 0.462. The number of carbonyl (C=O) groups excluding carboxylic acids is 2. The van der Waals surface area contributed by atoms with Crippen molar-refractivity contribution in [2.24, 2.45) is 0 Å². The third-order valence-electron chi connectivity index (χ3n) is 3.14. The minimum atomic E-state index is -0.560. The van der Waals surface area contributed by atoms with E-state index in [0.29, 0.717) is 18.7 Å². The van der Waals surface area contributed by atoms with Crippen molar-refractivity contribution in [2.45, 2.75) is 32.2 Å². The van der Waals surface area contributed by atoms with E-state index >= 15 is 0 Å². The van der Waals surface area contributed by atoms with Gasteiger partial charge in [0.1, 0.15) is 11.6 Å². The first-order valence-corrected chi connectivity index (χ1v) is 6.36. The van der Waals surface area contributed by atoms with E-state index < -0.39 is 17.5 Å². The summed E-state index contributed by atoms with van der Waals surface area (Å²) < 4.78 is 0. The number of amides is 2. The second-order valence-electron chi connectivity index (χ2n) is 4.70. The van der Waals surface area contributed by atoms with Crippen molar-refractivity contribution in [2.75, 3.05) is 6.54 Å². The molecule has 1 unspecified atom stereocenters. The third kappa shape index (κ3) is 3.21. The van der Waals surface area contributed by atoms with Crippen LogP contribution in [0, 0.1) is 6.92 Å². The lowest BCUT2D eigenvalue weighted by Crippen LogP contribution is -2.46. The molecule has 2 amide bonds. The maximum Gasteiger partial charge on any atom is 0.260 e. The van der Waals surface area contributed by atoms with Crippen molar-refractivity contribution in [3.63, 3.8) is 0 Å². The summed E-state index contributed by atoms with van der Waals surface area (Å²) in [6.07, 6.45) is 2.37. The Balaban J connectivity index is 2.11. The van der Waals surface area contributed by atoms with Crippen LogP contribution in [-0.4, -0.2) is 29.4 Å². The summed E-state index contributed by atoms with van der Waals surface area (Å²) in [6, 6.07) is 2.57. The van der Waals surface area contributed by atoms with Gasteiger partial charge in [-0.25, -0.2) is 0 Å². The molecule has 1 aromatic rings. The highest BCUT2D eigenvalue weighted by Crippen LogP contribution is 2.06. The molecule has 102 valence electrons.